The molecule has 0 unspecified atom stereocenters. The fraction of sp³-hybridized carbons (Fsp3) is 0.111. The predicted molar refractivity (Wildman–Crippen MR) is 47.7 cm³/mol. The van der Waals surface area contributed by atoms with Gasteiger partial charge in [-0.1, -0.05) is 0 Å². The summed E-state index contributed by atoms with van der Waals surface area (Å²) in [4.78, 5) is 17.7. The Morgan fingerprint density at radius 3 is 3.23 bits per heavy atom. The van der Waals surface area contributed by atoms with Crippen LogP contribution < -0.4 is 0 Å². The van der Waals surface area contributed by atoms with Gasteiger partial charge in [-0.05, 0) is 19.1 Å². The quantitative estimate of drug-likeness (QED) is 0.485. The van der Waals surface area contributed by atoms with Crippen molar-refractivity contribution < 1.29 is 4.79 Å². The first-order chi connectivity index (χ1) is 6.31. The number of rotatable bonds is 1. The summed E-state index contributed by atoms with van der Waals surface area (Å²) in [5.74, 6) is 0. The summed E-state index contributed by atoms with van der Waals surface area (Å²) in [6.07, 6.45) is 5.04. The van der Waals surface area contributed by atoms with E-state index in [1.165, 1.54) is 6.08 Å². The number of aromatic nitrogens is 2. The van der Waals surface area contributed by atoms with E-state index in [0.29, 0.717) is 5.69 Å². The first-order valence-electron chi connectivity index (χ1n) is 3.82. The van der Waals surface area contributed by atoms with E-state index in [1.807, 2.05) is 17.5 Å². The molecule has 0 aromatic carbocycles. The van der Waals surface area contributed by atoms with E-state index in [9.17, 15) is 4.79 Å². The van der Waals surface area contributed by atoms with Crippen molar-refractivity contribution in [3.8, 4) is 0 Å². The van der Waals surface area contributed by atoms with Crippen LogP contribution in [0.5, 0.6) is 0 Å². The lowest BCUT2D eigenvalue weighted by Crippen LogP contribution is -1.80. The Bertz CT molecular complexity index is 495. The number of pyridine rings is 1. The molecule has 0 N–H and O–H groups in total. The van der Waals surface area contributed by atoms with Crippen LogP contribution in [0.2, 0.25) is 0 Å². The molecule has 0 aliphatic carbocycles. The van der Waals surface area contributed by atoms with Crippen LogP contribution in [0.25, 0.3) is 5.52 Å². The highest BCUT2D eigenvalue weighted by Crippen LogP contribution is 2.16. The van der Waals surface area contributed by atoms with Crippen molar-refractivity contribution in [2.45, 2.75) is 6.92 Å². The monoisotopic (exact) mass is 173 g/mol. The van der Waals surface area contributed by atoms with Gasteiger partial charge in [0.05, 0.1) is 23.2 Å². The maximum Gasteiger partial charge on any atom is 0.240 e. The van der Waals surface area contributed by atoms with E-state index in [4.69, 9.17) is 0 Å². The lowest BCUT2D eigenvalue weighted by atomic mass is 10.3. The SMILES string of the molecule is Cc1ncn2ccc(N=C=O)cc12. The summed E-state index contributed by atoms with van der Waals surface area (Å²) >= 11 is 0. The molecule has 0 bridgehead atoms. The van der Waals surface area contributed by atoms with E-state index < -0.39 is 0 Å². The highest BCUT2D eigenvalue weighted by atomic mass is 16.1. The number of carbonyl (C=O) groups excluding carboxylic acids is 1. The molecule has 0 amide bonds. The van der Waals surface area contributed by atoms with Crippen molar-refractivity contribution in [1.29, 1.82) is 0 Å². The summed E-state index contributed by atoms with van der Waals surface area (Å²) in [7, 11) is 0. The zero-order valence-electron chi connectivity index (χ0n) is 7.06. The average molecular weight is 173 g/mol. The Balaban J connectivity index is 2.72. The van der Waals surface area contributed by atoms with E-state index in [1.54, 1.807) is 18.5 Å². The molecule has 2 rings (SSSR count). The van der Waals surface area contributed by atoms with Gasteiger partial charge in [0.25, 0.3) is 0 Å². The lowest BCUT2D eigenvalue weighted by Gasteiger charge is -1.94. The van der Waals surface area contributed by atoms with E-state index in [-0.39, 0.29) is 0 Å². The second kappa shape index (κ2) is 2.84. The molecule has 4 nitrogen and oxygen atoms in total. The Hall–Kier alpha value is -1.93. The van der Waals surface area contributed by atoms with Crippen molar-refractivity contribution in [3.05, 3.63) is 30.4 Å². The largest absolute Gasteiger partial charge is 0.306 e. The summed E-state index contributed by atoms with van der Waals surface area (Å²) in [6, 6.07) is 3.53. The normalized spacial score (nSPS) is 9.92. The van der Waals surface area contributed by atoms with Gasteiger partial charge in [-0.15, -0.1) is 0 Å². The standard InChI is InChI=1S/C9H7N3O/c1-7-9-4-8(11-6-13)2-3-12(9)5-10-7/h2-5H,1H3. The van der Waals surface area contributed by atoms with E-state index >= 15 is 0 Å². The molecule has 0 atom stereocenters. The lowest BCUT2D eigenvalue weighted by molar-refractivity contribution is 0.565. The molecule has 0 radical (unpaired) electrons. The van der Waals surface area contributed by atoms with Gasteiger partial charge in [-0.2, -0.15) is 4.99 Å². The molecular weight excluding hydrogens is 166 g/mol. The Morgan fingerprint density at radius 2 is 2.46 bits per heavy atom. The molecule has 4 heteroatoms. The van der Waals surface area contributed by atoms with Crippen LogP contribution in [-0.4, -0.2) is 15.5 Å². The number of hydrogen-bond acceptors (Lipinski definition) is 3. The fourth-order valence-corrected chi connectivity index (χ4v) is 1.23. The minimum atomic E-state index is 0.603. The van der Waals surface area contributed by atoms with Gasteiger partial charge in [0.1, 0.15) is 0 Å². The summed E-state index contributed by atoms with van der Waals surface area (Å²) in [5.41, 5.74) is 2.48. The van der Waals surface area contributed by atoms with Gasteiger partial charge in [0.2, 0.25) is 6.08 Å². The van der Waals surface area contributed by atoms with Crippen molar-refractivity contribution in [3.63, 3.8) is 0 Å². The van der Waals surface area contributed by atoms with Crippen LogP contribution >= 0.6 is 0 Å². The van der Waals surface area contributed by atoms with Gasteiger partial charge in [0.15, 0.2) is 0 Å². The van der Waals surface area contributed by atoms with Gasteiger partial charge < -0.3 is 4.40 Å². The third-order valence-corrected chi connectivity index (χ3v) is 1.89. The highest BCUT2D eigenvalue weighted by Gasteiger charge is 1.99. The molecule has 0 aliphatic rings. The number of imidazole rings is 1. The second-order valence-corrected chi connectivity index (χ2v) is 2.71. The van der Waals surface area contributed by atoms with Crippen molar-refractivity contribution in [2.24, 2.45) is 4.99 Å². The minimum absolute atomic E-state index is 0.603. The molecule has 2 aromatic rings. The third-order valence-electron chi connectivity index (χ3n) is 1.89. The maximum absolute atomic E-state index is 10.0. The van der Waals surface area contributed by atoms with Gasteiger partial charge in [0, 0.05) is 6.20 Å². The maximum atomic E-state index is 10.0. The second-order valence-electron chi connectivity index (χ2n) is 2.71. The molecule has 2 aromatic heterocycles. The molecule has 2 heterocycles. The van der Waals surface area contributed by atoms with Crippen molar-refractivity contribution >= 4 is 17.3 Å². The van der Waals surface area contributed by atoms with Crippen molar-refractivity contribution in [1.82, 2.24) is 9.38 Å². The molecule has 0 fully saturated rings. The number of aryl methyl sites for hydroxylation is 1. The summed E-state index contributed by atoms with van der Waals surface area (Å²) in [5, 5.41) is 0. The summed E-state index contributed by atoms with van der Waals surface area (Å²) in [6.45, 7) is 1.91. The smallest absolute Gasteiger partial charge is 0.240 e. The zero-order valence-corrected chi connectivity index (χ0v) is 7.06. The molecule has 0 saturated carbocycles. The molecular formula is C9H7N3O. The minimum Gasteiger partial charge on any atom is -0.306 e. The van der Waals surface area contributed by atoms with Gasteiger partial charge in [-0.3, -0.25) is 0 Å². The molecule has 13 heavy (non-hydrogen) atoms. The Kier molecular flexibility index (Phi) is 1.69. The number of isocyanates is 1. The molecule has 0 saturated heterocycles. The van der Waals surface area contributed by atoms with Crippen LogP contribution in [0.3, 0.4) is 0 Å². The predicted octanol–water partition coefficient (Wildman–Crippen LogP) is 1.61. The Morgan fingerprint density at radius 1 is 1.62 bits per heavy atom. The molecule has 64 valence electrons. The number of aliphatic imine (C=N–C) groups is 1. The third kappa shape index (κ3) is 1.23. The molecule has 0 aliphatic heterocycles. The zero-order chi connectivity index (χ0) is 9.26. The van der Waals surface area contributed by atoms with Crippen LogP contribution in [0.1, 0.15) is 5.69 Å². The van der Waals surface area contributed by atoms with E-state index in [0.717, 1.165) is 11.2 Å². The van der Waals surface area contributed by atoms with E-state index in [2.05, 4.69) is 9.98 Å². The van der Waals surface area contributed by atoms with Crippen molar-refractivity contribution in [2.75, 3.05) is 0 Å². The highest BCUT2D eigenvalue weighted by molar-refractivity contribution is 5.61. The van der Waals surface area contributed by atoms with Crippen LogP contribution in [0.15, 0.2) is 29.6 Å². The topological polar surface area (TPSA) is 46.7 Å². The van der Waals surface area contributed by atoms with Crippen LogP contribution in [0.4, 0.5) is 5.69 Å². The number of nitrogens with zero attached hydrogens (tertiary/aromatic N) is 3. The van der Waals surface area contributed by atoms with Gasteiger partial charge >= 0.3 is 0 Å². The molecule has 0 spiro atoms. The summed E-state index contributed by atoms with van der Waals surface area (Å²) < 4.78 is 1.87. The first-order valence-corrected chi connectivity index (χ1v) is 3.82. The number of fused-ring (bicyclic) bond motifs is 1. The first kappa shape index (κ1) is 7.71. The van der Waals surface area contributed by atoms with Gasteiger partial charge in [-0.25, -0.2) is 9.78 Å². The average Bonchev–Trinajstić information content (AvgIpc) is 2.49. The number of hydrogen-bond donors (Lipinski definition) is 0. The fourth-order valence-electron chi connectivity index (χ4n) is 1.23. The Labute approximate surface area is 74.6 Å². The van der Waals surface area contributed by atoms with Crippen LogP contribution in [-0.2, 0) is 4.79 Å². The van der Waals surface area contributed by atoms with Crippen LogP contribution in [0, 0.1) is 6.92 Å².